The number of aromatic nitrogens is 2. The molecule has 0 spiro atoms. The van der Waals surface area contributed by atoms with Crippen LogP contribution in [0.4, 0.5) is 0 Å². The third-order valence-corrected chi connectivity index (χ3v) is 3.54. The first kappa shape index (κ1) is 12.6. The molecule has 2 N–H and O–H groups in total. The molecule has 4 nitrogen and oxygen atoms in total. The van der Waals surface area contributed by atoms with Crippen LogP contribution < -0.4 is 0 Å². The van der Waals surface area contributed by atoms with Gasteiger partial charge in [0, 0.05) is 5.92 Å². The molecule has 0 aliphatic carbocycles. The Labute approximate surface area is 106 Å². The highest BCUT2D eigenvalue weighted by Gasteiger charge is 2.23. The average Bonchev–Trinajstić information content (AvgIpc) is 2.79. The highest BCUT2D eigenvalue weighted by Crippen LogP contribution is 2.24. The lowest BCUT2D eigenvalue weighted by Gasteiger charge is -2.12. The zero-order valence-corrected chi connectivity index (χ0v) is 10.9. The molecule has 2 atom stereocenters. The number of rotatable bonds is 4. The van der Waals surface area contributed by atoms with Crippen molar-refractivity contribution in [3.05, 3.63) is 29.6 Å². The maximum absolute atomic E-state index is 11.0. The molecule has 0 radical (unpaired) electrons. The van der Waals surface area contributed by atoms with Crippen molar-refractivity contribution >= 4 is 17.0 Å². The van der Waals surface area contributed by atoms with Crippen LogP contribution in [-0.2, 0) is 11.2 Å². The number of hydrogen-bond donors (Lipinski definition) is 2. The van der Waals surface area contributed by atoms with E-state index in [1.54, 1.807) is 6.92 Å². The number of aromatic amines is 1. The average molecular weight is 246 g/mol. The molecule has 18 heavy (non-hydrogen) atoms. The topological polar surface area (TPSA) is 66.0 Å². The summed E-state index contributed by atoms with van der Waals surface area (Å²) in [5.74, 6) is -0.624. The van der Waals surface area contributed by atoms with E-state index in [4.69, 9.17) is 5.11 Å². The van der Waals surface area contributed by atoms with Gasteiger partial charge in [0.1, 0.15) is 5.82 Å². The minimum atomic E-state index is -0.794. The van der Waals surface area contributed by atoms with Crippen LogP contribution in [0.25, 0.3) is 11.0 Å². The Morgan fingerprint density at radius 1 is 1.44 bits per heavy atom. The van der Waals surface area contributed by atoms with Gasteiger partial charge in [0.05, 0.1) is 17.0 Å². The van der Waals surface area contributed by atoms with Gasteiger partial charge in [-0.2, -0.15) is 0 Å². The minimum Gasteiger partial charge on any atom is -0.481 e. The number of hydrogen-bond acceptors (Lipinski definition) is 2. The molecule has 2 aromatic rings. The van der Waals surface area contributed by atoms with Gasteiger partial charge in [-0.25, -0.2) is 4.98 Å². The van der Waals surface area contributed by atoms with Crippen molar-refractivity contribution in [3.8, 4) is 0 Å². The molecule has 0 aliphatic rings. The van der Waals surface area contributed by atoms with E-state index in [9.17, 15) is 4.79 Å². The Kier molecular flexibility index (Phi) is 3.36. The monoisotopic (exact) mass is 246 g/mol. The number of H-pyrrole nitrogens is 1. The van der Waals surface area contributed by atoms with E-state index in [1.165, 1.54) is 5.56 Å². The summed E-state index contributed by atoms with van der Waals surface area (Å²) < 4.78 is 0. The quantitative estimate of drug-likeness (QED) is 0.871. The fourth-order valence-electron chi connectivity index (χ4n) is 1.96. The van der Waals surface area contributed by atoms with Gasteiger partial charge in [0.15, 0.2) is 0 Å². The maximum atomic E-state index is 11.0. The van der Waals surface area contributed by atoms with Crippen LogP contribution in [0.15, 0.2) is 18.2 Å². The number of nitrogens with zero attached hydrogens (tertiary/aromatic N) is 1. The van der Waals surface area contributed by atoms with Crippen LogP contribution in [0.5, 0.6) is 0 Å². The van der Waals surface area contributed by atoms with Gasteiger partial charge in [-0.05, 0) is 24.1 Å². The van der Waals surface area contributed by atoms with Gasteiger partial charge in [-0.3, -0.25) is 4.79 Å². The molecule has 0 aliphatic heterocycles. The van der Waals surface area contributed by atoms with E-state index in [0.29, 0.717) is 0 Å². The first-order valence-corrected chi connectivity index (χ1v) is 6.24. The highest BCUT2D eigenvalue weighted by atomic mass is 16.4. The van der Waals surface area contributed by atoms with Crippen LogP contribution in [0, 0.1) is 5.92 Å². The van der Waals surface area contributed by atoms with E-state index in [-0.39, 0.29) is 5.92 Å². The predicted octanol–water partition coefficient (Wildman–Crippen LogP) is 2.95. The van der Waals surface area contributed by atoms with Crippen LogP contribution in [-0.4, -0.2) is 21.0 Å². The Hall–Kier alpha value is -1.84. The summed E-state index contributed by atoms with van der Waals surface area (Å²) in [4.78, 5) is 18.7. The predicted molar refractivity (Wildman–Crippen MR) is 70.7 cm³/mol. The van der Waals surface area contributed by atoms with Gasteiger partial charge < -0.3 is 10.1 Å². The number of carbonyl (C=O) groups is 1. The van der Waals surface area contributed by atoms with Crippen LogP contribution in [0.3, 0.4) is 0 Å². The fourth-order valence-corrected chi connectivity index (χ4v) is 1.96. The number of carboxylic acid groups (broad SMARTS) is 1. The molecule has 2 rings (SSSR count). The van der Waals surface area contributed by atoms with Gasteiger partial charge in [0.2, 0.25) is 0 Å². The molecule has 1 aromatic heterocycles. The molecule has 0 amide bonds. The van der Waals surface area contributed by atoms with Gasteiger partial charge >= 0.3 is 5.97 Å². The lowest BCUT2D eigenvalue weighted by Crippen LogP contribution is -2.17. The van der Waals surface area contributed by atoms with Crippen molar-refractivity contribution < 1.29 is 9.90 Å². The summed E-state index contributed by atoms with van der Waals surface area (Å²) in [5, 5.41) is 9.03. The number of nitrogens with one attached hydrogen (secondary N) is 1. The normalized spacial score (nSPS) is 14.6. The lowest BCUT2D eigenvalue weighted by molar-refractivity contribution is -0.141. The Bertz CT molecular complexity index is 574. The molecule has 1 aromatic carbocycles. The number of benzene rings is 1. The van der Waals surface area contributed by atoms with Crippen molar-refractivity contribution in [2.45, 2.75) is 33.1 Å². The molecular weight excluding hydrogens is 228 g/mol. The molecule has 4 heteroatoms. The molecule has 0 bridgehead atoms. The Morgan fingerprint density at radius 3 is 2.78 bits per heavy atom. The third kappa shape index (κ3) is 2.23. The highest BCUT2D eigenvalue weighted by molar-refractivity contribution is 5.76. The van der Waals surface area contributed by atoms with Crippen LogP contribution >= 0.6 is 0 Å². The third-order valence-electron chi connectivity index (χ3n) is 3.54. The summed E-state index contributed by atoms with van der Waals surface area (Å²) in [6.07, 6.45) is 0.978. The number of fused-ring (bicyclic) bond motifs is 1. The summed E-state index contributed by atoms with van der Waals surface area (Å²) in [7, 11) is 0. The van der Waals surface area contributed by atoms with E-state index in [0.717, 1.165) is 23.3 Å². The summed E-state index contributed by atoms with van der Waals surface area (Å²) >= 11 is 0. The molecular formula is C14H18N2O2. The first-order valence-electron chi connectivity index (χ1n) is 6.24. The minimum absolute atomic E-state index is 0.125. The summed E-state index contributed by atoms with van der Waals surface area (Å²) in [6, 6.07) is 6.11. The SMILES string of the molecule is CCc1ccc2nc(C(C)C(C)C(=O)O)[nH]c2c1. The molecule has 0 fully saturated rings. The van der Waals surface area contributed by atoms with E-state index >= 15 is 0 Å². The maximum Gasteiger partial charge on any atom is 0.306 e. The molecule has 2 unspecified atom stereocenters. The van der Waals surface area contributed by atoms with Crippen LogP contribution in [0.1, 0.15) is 38.1 Å². The van der Waals surface area contributed by atoms with Crippen molar-refractivity contribution in [2.75, 3.05) is 0 Å². The van der Waals surface area contributed by atoms with Crippen molar-refractivity contribution in [2.24, 2.45) is 5.92 Å². The van der Waals surface area contributed by atoms with Gasteiger partial charge in [-0.1, -0.05) is 26.8 Å². The second-order valence-electron chi connectivity index (χ2n) is 4.74. The summed E-state index contributed by atoms with van der Waals surface area (Å²) in [6.45, 7) is 5.70. The number of imidazole rings is 1. The van der Waals surface area contributed by atoms with Crippen molar-refractivity contribution in [3.63, 3.8) is 0 Å². The van der Waals surface area contributed by atoms with E-state index in [2.05, 4.69) is 29.0 Å². The van der Waals surface area contributed by atoms with Crippen molar-refractivity contribution in [1.29, 1.82) is 0 Å². The van der Waals surface area contributed by atoms with Crippen LogP contribution in [0.2, 0.25) is 0 Å². The molecule has 1 heterocycles. The number of aliphatic carboxylic acids is 1. The van der Waals surface area contributed by atoms with E-state index in [1.807, 2.05) is 13.0 Å². The lowest BCUT2D eigenvalue weighted by atomic mass is 9.96. The smallest absolute Gasteiger partial charge is 0.306 e. The number of aryl methyl sites for hydroxylation is 1. The zero-order chi connectivity index (χ0) is 13.3. The first-order chi connectivity index (χ1) is 8.52. The number of carboxylic acids is 1. The standard InChI is InChI=1S/C14H18N2O2/c1-4-10-5-6-11-12(7-10)16-13(15-11)8(2)9(3)14(17)18/h5-9H,4H2,1-3H3,(H,15,16)(H,17,18). The molecule has 0 saturated carbocycles. The van der Waals surface area contributed by atoms with E-state index < -0.39 is 11.9 Å². The fraction of sp³-hybridized carbons (Fsp3) is 0.429. The van der Waals surface area contributed by atoms with Crippen molar-refractivity contribution in [1.82, 2.24) is 9.97 Å². The second-order valence-corrected chi connectivity index (χ2v) is 4.74. The Balaban J connectivity index is 2.37. The summed E-state index contributed by atoms with van der Waals surface area (Å²) in [5.41, 5.74) is 3.12. The Morgan fingerprint density at radius 2 is 2.17 bits per heavy atom. The van der Waals surface area contributed by atoms with Gasteiger partial charge in [0.25, 0.3) is 0 Å². The van der Waals surface area contributed by atoms with Gasteiger partial charge in [-0.15, -0.1) is 0 Å². The largest absolute Gasteiger partial charge is 0.481 e. The zero-order valence-electron chi connectivity index (χ0n) is 10.9. The molecule has 0 saturated heterocycles. The molecule has 96 valence electrons. The second kappa shape index (κ2) is 4.80.